The Kier molecular flexibility index (Phi) is 7.65. The van der Waals surface area contributed by atoms with E-state index in [0.29, 0.717) is 6.42 Å². The Hall–Kier alpha value is -1.83. The van der Waals surface area contributed by atoms with E-state index >= 15 is 0 Å². The highest BCUT2D eigenvalue weighted by Crippen LogP contribution is 2.23. The lowest BCUT2D eigenvalue weighted by molar-refractivity contribution is -0.116. The zero-order valence-corrected chi connectivity index (χ0v) is 14.3. The van der Waals surface area contributed by atoms with Crippen LogP contribution in [-0.2, 0) is 4.79 Å². The van der Waals surface area contributed by atoms with E-state index in [4.69, 9.17) is 0 Å². The molecule has 2 heteroatoms. The fraction of sp³-hybridized carbons (Fsp3) is 0.476. The van der Waals surface area contributed by atoms with E-state index in [2.05, 4.69) is 30.4 Å². The van der Waals surface area contributed by atoms with E-state index in [1.807, 2.05) is 24.3 Å². The molecule has 1 N–H and O–H groups in total. The van der Waals surface area contributed by atoms with Crippen molar-refractivity contribution < 1.29 is 4.79 Å². The molecule has 23 heavy (non-hydrogen) atoms. The SMILES string of the molecule is CCCCCCCCCCC(=O)Nc1cccc2ccccc12. The number of hydrogen-bond acceptors (Lipinski definition) is 1. The van der Waals surface area contributed by atoms with Gasteiger partial charge in [0.05, 0.1) is 0 Å². The zero-order chi connectivity index (χ0) is 16.3. The molecule has 0 saturated heterocycles. The first-order chi connectivity index (χ1) is 11.3. The van der Waals surface area contributed by atoms with Crippen LogP contribution in [0.3, 0.4) is 0 Å². The molecule has 2 aromatic carbocycles. The molecule has 0 aromatic heterocycles. The lowest BCUT2D eigenvalue weighted by atomic mass is 10.1. The Morgan fingerprint density at radius 3 is 2.26 bits per heavy atom. The largest absolute Gasteiger partial charge is 0.326 e. The second kappa shape index (κ2) is 10.0. The van der Waals surface area contributed by atoms with Gasteiger partial charge in [-0.2, -0.15) is 0 Å². The molecule has 0 aliphatic heterocycles. The maximum Gasteiger partial charge on any atom is 0.224 e. The topological polar surface area (TPSA) is 29.1 Å². The van der Waals surface area contributed by atoms with Gasteiger partial charge in [-0.15, -0.1) is 0 Å². The van der Waals surface area contributed by atoms with Gasteiger partial charge >= 0.3 is 0 Å². The van der Waals surface area contributed by atoms with Gasteiger partial charge in [-0.1, -0.05) is 88.3 Å². The molecule has 0 unspecified atom stereocenters. The summed E-state index contributed by atoms with van der Waals surface area (Å²) >= 11 is 0. The van der Waals surface area contributed by atoms with Gasteiger partial charge < -0.3 is 5.32 Å². The summed E-state index contributed by atoms with van der Waals surface area (Å²) in [5.41, 5.74) is 0.924. The Bertz CT molecular complexity index is 600. The van der Waals surface area contributed by atoms with Gasteiger partial charge in [-0.3, -0.25) is 4.79 Å². The first kappa shape index (κ1) is 17.5. The second-order valence-corrected chi connectivity index (χ2v) is 6.30. The Labute approximate surface area is 140 Å². The summed E-state index contributed by atoms with van der Waals surface area (Å²) in [6.07, 6.45) is 10.7. The molecule has 0 bridgehead atoms. The molecule has 0 spiro atoms. The monoisotopic (exact) mass is 311 g/mol. The molecule has 0 radical (unpaired) electrons. The summed E-state index contributed by atoms with van der Waals surface area (Å²) in [6.45, 7) is 2.24. The Balaban J connectivity index is 1.68. The highest BCUT2D eigenvalue weighted by molar-refractivity contribution is 6.02. The van der Waals surface area contributed by atoms with Crippen molar-refractivity contribution >= 4 is 22.4 Å². The maximum absolute atomic E-state index is 12.1. The van der Waals surface area contributed by atoms with E-state index in [1.165, 1.54) is 38.5 Å². The molecule has 2 rings (SSSR count). The van der Waals surface area contributed by atoms with Crippen LogP contribution >= 0.6 is 0 Å². The van der Waals surface area contributed by atoms with Crippen LogP contribution in [0.1, 0.15) is 64.7 Å². The van der Waals surface area contributed by atoms with Crippen LogP contribution in [0.25, 0.3) is 10.8 Å². The molecule has 0 atom stereocenters. The number of unbranched alkanes of at least 4 members (excludes halogenated alkanes) is 7. The van der Waals surface area contributed by atoms with Crippen molar-refractivity contribution in [1.82, 2.24) is 0 Å². The summed E-state index contributed by atoms with van der Waals surface area (Å²) in [7, 11) is 0. The summed E-state index contributed by atoms with van der Waals surface area (Å²) < 4.78 is 0. The number of fused-ring (bicyclic) bond motifs is 1. The van der Waals surface area contributed by atoms with Gasteiger partial charge in [0.25, 0.3) is 0 Å². The summed E-state index contributed by atoms with van der Waals surface area (Å²) in [4.78, 5) is 12.1. The van der Waals surface area contributed by atoms with E-state index < -0.39 is 0 Å². The van der Waals surface area contributed by atoms with Crippen molar-refractivity contribution in [3.05, 3.63) is 42.5 Å². The number of carbonyl (C=O) groups is 1. The molecule has 124 valence electrons. The minimum Gasteiger partial charge on any atom is -0.326 e. The average Bonchev–Trinajstić information content (AvgIpc) is 2.57. The third kappa shape index (κ3) is 6.05. The average molecular weight is 311 g/mol. The predicted molar refractivity (Wildman–Crippen MR) is 99.8 cm³/mol. The third-order valence-electron chi connectivity index (χ3n) is 4.32. The minimum atomic E-state index is 0.132. The lowest BCUT2D eigenvalue weighted by Gasteiger charge is -2.08. The number of hydrogen-bond donors (Lipinski definition) is 1. The Morgan fingerprint density at radius 1 is 0.826 bits per heavy atom. The van der Waals surface area contributed by atoms with Gasteiger partial charge in [0.2, 0.25) is 5.91 Å². The van der Waals surface area contributed by atoms with Crippen LogP contribution in [0.5, 0.6) is 0 Å². The highest BCUT2D eigenvalue weighted by Gasteiger charge is 2.05. The quantitative estimate of drug-likeness (QED) is 0.512. The molecule has 0 heterocycles. The van der Waals surface area contributed by atoms with Crippen LogP contribution in [-0.4, -0.2) is 5.91 Å². The summed E-state index contributed by atoms with van der Waals surface area (Å²) in [5, 5.41) is 5.34. The molecule has 2 aromatic rings. The Morgan fingerprint density at radius 2 is 1.48 bits per heavy atom. The van der Waals surface area contributed by atoms with Crippen molar-refractivity contribution in [3.8, 4) is 0 Å². The molecule has 0 fully saturated rings. The van der Waals surface area contributed by atoms with Gasteiger partial charge in [0.1, 0.15) is 0 Å². The number of anilines is 1. The molecule has 0 aliphatic rings. The second-order valence-electron chi connectivity index (χ2n) is 6.30. The smallest absolute Gasteiger partial charge is 0.224 e. The van der Waals surface area contributed by atoms with Gasteiger partial charge in [-0.05, 0) is 17.9 Å². The van der Waals surface area contributed by atoms with Crippen molar-refractivity contribution in [2.24, 2.45) is 0 Å². The van der Waals surface area contributed by atoms with Crippen molar-refractivity contribution in [1.29, 1.82) is 0 Å². The normalized spacial score (nSPS) is 10.8. The van der Waals surface area contributed by atoms with Gasteiger partial charge in [0, 0.05) is 17.5 Å². The molecule has 1 amide bonds. The predicted octanol–water partition coefficient (Wildman–Crippen LogP) is 6.31. The third-order valence-corrected chi connectivity index (χ3v) is 4.32. The fourth-order valence-corrected chi connectivity index (χ4v) is 2.97. The summed E-state index contributed by atoms with van der Waals surface area (Å²) in [5.74, 6) is 0.132. The van der Waals surface area contributed by atoms with Crippen LogP contribution in [0.4, 0.5) is 5.69 Å². The highest BCUT2D eigenvalue weighted by atomic mass is 16.1. The van der Waals surface area contributed by atoms with Crippen LogP contribution < -0.4 is 5.32 Å². The lowest BCUT2D eigenvalue weighted by Crippen LogP contribution is -2.11. The molecule has 0 aliphatic carbocycles. The first-order valence-corrected chi connectivity index (χ1v) is 9.09. The molecule has 0 saturated carbocycles. The van der Waals surface area contributed by atoms with E-state index in [1.54, 1.807) is 0 Å². The maximum atomic E-state index is 12.1. The van der Waals surface area contributed by atoms with Crippen LogP contribution in [0, 0.1) is 0 Å². The zero-order valence-electron chi connectivity index (χ0n) is 14.3. The summed E-state index contributed by atoms with van der Waals surface area (Å²) in [6, 6.07) is 14.2. The first-order valence-electron chi connectivity index (χ1n) is 9.09. The van der Waals surface area contributed by atoms with Crippen LogP contribution in [0.15, 0.2) is 42.5 Å². The fourth-order valence-electron chi connectivity index (χ4n) is 2.97. The van der Waals surface area contributed by atoms with Crippen molar-refractivity contribution in [2.45, 2.75) is 64.7 Å². The van der Waals surface area contributed by atoms with E-state index in [0.717, 1.165) is 29.3 Å². The molecular formula is C21H29NO. The number of rotatable bonds is 10. The van der Waals surface area contributed by atoms with E-state index in [9.17, 15) is 4.79 Å². The standard InChI is InChI=1S/C21H29NO/c1-2-3-4-5-6-7-8-9-17-21(23)22-20-16-12-14-18-13-10-11-15-19(18)20/h10-16H,2-9,17H2,1H3,(H,22,23). The van der Waals surface area contributed by atoms with Gasteiger partial charge in [0.15, 0.2) is 0 Å². The molecular weight excluding hydrogens is 282 g/mol. The van der Waals surface area contributed by atoms with E-state index in [-0.39, 0.29) is 5.91 Å². The van der Waals surface area contributed by atoms with Crippen molar-refractivity contribution in [2.75, 3.05) is 5.32 Å². The number of carbonyl (C=O) groups excluding carboxylic acids is 1. The number of nitrogens with one attached hydrogen (secondary N) is 1. The molecule has 2 nitrogen and oxygen atoms in total. The van der Waals surface area contributed by atoms with Gasteiger partial charge in [-0.25, -0.2) is 0 Å². The number of benzene rings is 2. The minimum absolute atomic E-state index is 0.132. The van der Waals surface area contributed by atoms with Crippen LogP contribution in [0.2, 0.25) is 0 Å². The van der Waals surface area contributed by atoms with Crippen molar-refractivity contribution in [3.63, 3.8) is 0 Å². The number of amides is 1.